The molecule has 3 aromatic rings. The quantitative estimate of drug-likeness (QED) is 0.406. The Morgan fingerprint density at radius 2 is 1.89 bits per heavy atom. The van der Waals surface area contributed by atoms with Crippen LogP contribution in [0.1, 0.15) is 93.1 Å². The fourth-order valence-corrected chi connectivity index (χ4v) is 6.17. The summed E-state index contributed by atoms with van der Waals surface area (Å²) in [5.41, 5.74) is 2.88. The average molecular weight is 520 g/mol. The molecule has 8 nitrogen and oxygen atoms in total. The van der Waals surface area contributed by atoms with E-state index in [-0.39, 0.29) is 12.0 Å². The Labute approximate surface area is 225 Å². The van der Waals surface area contributed by atoms with Crippen LogP contribution in [-0.2, 0) is 0 Å². The summed E-state index contributed by atoms with van der Waals surface area (Å²) >= 11 is 0. The highest BCUT2D eigenvalue weighted by Gasteiger charge is 2.30. The van der Waals surface area contributed by atoms with E-state index < -0.39 is 0 Å². The molecule has 3 heterocycles. The van der Waals surface area contributed by atoms with Crippen molar-refractivity contribution in [2.24, 2.45) is 0 Å². The molecule has 0 radical (unpaired) electrons. The van der Waals surface area contributed by atoms with Crippen molar-refractivity contribution in [3.8, 4) is 5.75 Å². The molecule has 0 bridgehead atoms. The Balaban J connectivity index is 1.38. The highest BCUT2D eigenvalue weighted by atomic mass is 16.5. The molecule has 2 aromatic heterocycles. The molecule has 1 aliphatic heterocycles. The Morgan fingerprint density at radius 1 is 1.16 bits per heavy atom. The minimum atomic E-state index is -0.195. The van der Waals surface area contributed by atoms with Crippen molar-refractivity contribution >= 4 is 22.9 Å². The van der Waals surface area contributed by atoms with Gasteiger partial charge >= 0.3 is 0 Å². The predicted octanol–water partition coefficient (Wildman–Crippen LogP) is 5.54. The number of rotatable bonds is 8. The van der Waals surface area contributed by atoms with Gasteiger partial charge in [-0.05, 0) is 75.5 Å². The number of amides is 1. The normalized spacial score (nSPS) is 21.4. The van der Waals surface area contributed by atoms with Crippen molar-refractivity contribution in [3.63, 3.8) is 0 Å². The molecule has 204 valence electrons. The number of ether oxygens (including phenoxy) is 1. The van der Waals surface area contributed by atoms with Crippen molar-refractivity contribution in [3.05, 3.63) is 47.8 Å². The first-order valence-electron chi connectivity index (χ1n) is 14.2. The van der Waals surface area contributed by atoms with E-state index in [0.29, 0.717) is 48.4 Å². The van der Waals surface area contributed by atoms with Crippen molar-refractivity contribution in [1.82, 2.24) is 19.4 Å². The van der Waals surface area contributed by atoms with Gasteiger partial charge < -0.3 is 24.6 Å². The average Bonchev–Trinajstić information content (AvgIpc) is 3.32. The van der Waals surface area contributed by atoms with Gasteiger partial charge in [0.2, 0.25) is 5.95 Å². The summed E-state index contributed by atoms with van der Waals surface area (Å²) in [4.78, 5) is 24.9. The standard InChI is InChI=1S/C30H41N5O3/c1-4-7-20(2)32-30-31-18-25-26(19-35(28(25)33-30)22-10-12-23(36)13-11-22)21-14-16-34(17-15-21)29(37)24-8-5-6-9-27(24)38-3/h5-6,8-9,18-23,36H,4,7,10-17H2,1-3H3,(H,31,32,33)/t20-,22-,23-/m0/s1. The van der Waals surface area contributed by atoms with Gasteiger partial charge in [0.05, 0.1) is 18.8 Å². The Morgan fingerprint density at radius 3 is 2.61 bits per heavy atom. The number of carbonyl (C=O) groups excluding carboxylic acids is 1. The van der Waals surface area contributed by atoms with Gasteiger partial charge in [-0.25, -0.2) is 4.98 Å². The summed E-state index contributed by atoms with van der Waals surface area (Å²) in [6, 6.07) is 8.09. The van der Waals surface area contributed by atoms with Crippen molar-refractivity contribution < 1.29 is 14.6 Å². The third kappa shape index (κ3) is 5.51. The van der Waals surface area contributed by atoms with Crippen LogP contribution in [0.25, 0.3) is 11.0 Å². The van der Waals surface area contributed by atoms with E-state index >= 15 is 0 Å². The van der Waals surface area contributed by atoms with Gasteiger partial charge in [0.15, 0.2) is 0 Å². The fraction of sp³-hybridized carbons (Fsp3) is 0.567. The number of aliphatic hydroxyl groups is 1. The van der Waals surface area contributed by atoms with E-state index in [9.17, 15) is 9.90 Å². The van der Waals surface area contributed by atoms with Crippen molar-refractivity contribution in [2.45, 2.75) is 89.3 Å². The number of likely N-dealkylation sites (tertiary alicyclic amines) is 1. The van der Waals surface area contributed by atoms with E-state index in [1.807, 2.05) is 35.4 Å². The Bertz CT molecular complexity index is 1240. The molecule has 0 unspecified atom stereocenters. The zero-order valence-corrected chi connectivity index (χ0v) is 22.9. The number of anilines is 1. The SMILES string of the molecule is CCC[C@H](C)Nc1ncc2c(C3CCN(C(=O)c4ccccc4OC)CC3)cn([C@H]3CC[C@H](O)CC3)c2n1. The van der Waals surface area contributed by atoms with Crippen molar-refractivity contribution in [2.75, 3.05) is 25.5 Å². The second-order valence-corrected chi connectivity index (χ2v) is 11.0. The first-order chi connectivity index (χ1) is 18.5. The number of aliphatic hydroxyl groups excluding tert-OH is 1. The number of carbonyl (C=O) groups is 1. The highest BCUT2D eigenvalue weighted by molar-refractivity contribution is 5.97. The minimum Gasteiger partial charge on any atom is -0.496 e. The third-order valence-corrected chi connectivity index (χ3v) is 8.32. The van der Waals surface area contributed by atoms with E-state index in [1.165, 1.54) is 5.56 Å². The lowest BCUT2D eigenvalue weighted by Gasteiger charge is -2.32. The van der Waals surface area contributed by atoms with Gasteiger partial charge in [-0.15, -0.1) is 0 Å². The number of hydrogen-bond acceptors (Lipinski definition) is 6. The van der Waals surface area contributed by atoms with Crippen LogP contribution in [0.4, 0.5) is 5.95 Å². The number of hydrogen-bond donors (Lipinski definition) is 2. The lowest BCUT2D eigenvalue weighted by atomic mass is 9.89. The van der Waals surface area contributed by atoms with E-state index in [1.54, 1.807) is 7.11 Å². The lowest BCUT2D eigenvalue weighted by Crippen LogP contribution is -2.38. The van der Waals surface area contributed by atoms with Crippen LogP contribution in [0, 0.1) is 0 Å². The first kappa shape index (κ1) is 26.5. The molecule has 8 heteroatoms. The van der Waals surface area contributed by atoms with Gasteiger partial charge in [0.1, 0.15) is 11.4 Å². The van der Waals surface area contributed by atoms with E-state index in [4.69, 9.17) is 14.7 Å². The second kappa shape index (κ2) is 11.7. The summed E-state index contributed by atoms with van der Waals surface area (Å²) in [6.07, 6.45) is 11.6. The van der Waals surface area contributed by atoms with E-state index in [2.05, 4.69) is 29.9 Å². The molecule has 1 saturated carbocycles. The monoisotopic (exact) mass is 519 g/mol. The topological polar surface area (TPSA) is 92.5 Å². The number of benzene rings is 1. The molecule has 38 heavy (non-hydrogen) atoms. The maximum Gasteiger partial charge on any atom is 0.257 e. The van der Waals surface area contributed by atoms with E-state index in [0.717, 1.165) is 62.4 Å². The van der Waals surface area contributed by atoms with Crippen LogP contribution < -0.4 is 10.1 Å². The van der Waals surface area contributed by atoms with Crippen molar-refractivity contribution in [1.29, 1.82) is 0 Å². The fourth-order valence-electron chi connectivity index (χ4n) is 6.17. The molecule has 1 saturated heterocycles. The lowest BCUT2D eigenvalue weighted by molar-refractivity contribution is 0.0709. The van der Waals surface area contributed by atoms with Crippen LogP contribution >= 0.6 is 0 Å². The van der Waals surface area contributed by atoms with Gasteiger partial charge in [0, 0.05) is 43.0 Å². The molecule has 1 aliphatic carbocycles. The molecule has 5 rings (SSSR count). The van der Waals surface area contributed by atoms with Crippen LogP contribution in [-0.4, -0.2) is 62.8 Å². The summed E-state index contributed by atoms with van der Waals surface area (Å²) in [5, 5.41) is 14.7. The maximum absolute atomic E-state index is 13.2. The molecule has 2 N–H and O–H groups in total. The Hall–Kier alpha value is -3.13. The highest BCUT2D eigenvalue weighted by Crippen LogP contribution is 2.38. The predicted molar refractivity (Wildman–Crippen MR) is 150 cm³/mol. The van der Waals surface area contributed by atoms with Gasteiger partial charge in [0.25, 0.3) is 5.91 Å². The molecule has 2 fully saturated rings. The zero-order valence-electron chi connectivity index (χ0n) is 22.9. The molecule has 2 aliphatic rings. The van der Waals surface area contributed by atoms with Gasteiger partial charge in [-0.1, -0.05) is 25.5 Å². The smallest absolute Gasteiger partial charge is 0.257 e. The largest absolute Gasteiger partial charge is 0.496 e. The third-order valence-electron chi connectivity index (χ3n) is 8.32. The minimum absolute atomic E-state index is 0.0318. The van der Waals surface area contributed by atoms with Crippen LogP contribution in [0.2, 0.25) is 0 Å². The first-order valence-corrected chi connectivity index (χ1v) is 14.2. The number of nitrogens with one attached hydrogen (secondary N) is 1. The van der Waals surface area contributed by atoms with Crippen LogP contribution in [0.15, 0.2) is 36.7 Å². The van der Waals surface area contributed by atoms with Gasteiger partial charge in [-0.2, -0.15) is 4.98 Å². The summed E-state index contributed by atoms with van der Waals surface area (Å²) < 4.78 is 7.77. The number of piperidine rings is 1. The number of methoxy groups -OCH3 is 1. The molecular formula is C30H41N5O3. The summed E-state index contributed by atoms with van der Waals surface area (Å²) in [5.74, 6) is 1.67. The Kier molecular flexibility index (Phi) is 8.17. The van der Waals surface area contributed by atoms with Crippen LogP contribution in [0.3, 0.4) is 0 Å². The summed E-state index contributed by atoms with van der Waals surface area (Å²) in [6.45, 7) is 5.77. The maximum atomic E-state index is 13.2. The second-order valence-electron chi connectivity index (χ2n) is 11.0. The number of fused-ring (bicyclic) bond motifs is 1. The molecule has 1 aromatic carbocycles. The number of para-hydroxylation sites is 1. The number of nitrogens with zero attached hydrogens (tertiary/aromatic N) is 4. The van der Waals surface area contributed by atoms with Gasteiger partial charge in [-0.3, -0.25) is 4.79 Å². The number of aromatic nitrogens is 3. The molecular weight excluding hydrogens is 478 g/mol. The summed E-state index contributed by atoms with van der Waals surface area (Å²) in [7, 11) is 1.61. The molecule has 0 spiro atoms. The molecule has 1 amide bonds. The van der Waals surface area contributed by atoms with Crippen LogP contribution in [0.5, 0.6) is 5.75 Å². The molecule has 1 atom stereocenters. The zero-order chi connectivity index (χ0) is 26.6.